The smallest absolute Gasteiger partial charge is 0.412 e. The average molecular weight is 1130 g/mol. The van der Waals surface area contributed by atoms with Gasteiger partial charge in [-0.2, -0.15) is 132 Å². The molecule has 0 amide bonds. The van der Waals surface area contributed by atoms with Crippen LogP contribution in [0.2, 0.25) is 0 Å². The van der Waals surface area contributed by atoms with E-state index in [1.165, 1.54) is 0 Å². The highest BCUT2D eigenvalue weighted by Crippen LogP contribution is 2.41. The topological polar surface area (TPSA) is 13.1 Å². The average Bonchev–Trinajstić information content (AvgIpc) is 3.30. The van der Waals surface area contributed by atoms with E-state index in [-0.39, 0.29) is 0 Å². The molecule has 0 unspecified atom stereocenters. The molecule has 0 radical (unpaired) electrons. The highest BCUT2D eigenvalue weighted by molar-refractivity contribution is 7.20. The first kappa shape index (κ1) is 59.1. The molecule has 0 saturated heterocycles. The van der Waals surface area contributed by atoms with Crippen molar-refractivity contribution in [2.24, 2.45) is 0 Å². The first-order valence-corrected chi connectivity index (χ1v) is 21.1. The van der Waals surface area contributed by atoms with Gasteiger partial charge in [0.05, 0.1) is 49.9 Å². The van der Waals surface area contributed by atoms with E-state index in [0.29, 0.717) is 12.4 Å². The second-order valence-electron chi connectivity index (χ2n) is 16.8. The van der Waals surface area contributed by atoms with Crippen molar-refractivity contribution in [3.63, 3.8) is 0 Å². The molecule has 0 aliphatic heterocycles. The molecule has 0 aliphatic rings. The Morgan fingerprint density at radius 2 is 0.610 bits per heavy atom. The molecule has 0 atom stereocenters. The predicted molar refractivity (Wildman–Crippen MR) is 226 cm³/mol. The Labute approximate surface area is 415 Å². The largest absolute Gasteiger partial charge is 0.416 e. The van der Waals surface area contributed by atoms with Crippen molar-refractivity contribution in [2.45, 2.75) is 56.0 Å². The van der Waals surface area contributed by atoms with Crippen LogP contribution in [0, 0.1) is 0 Å². The fourth-order valence-corrected chi connectivity index (χ4v) is 8.42. The van der Waals surface area contributed by atoms with E-state index in [9.17, 15) is 110 Å². The Morgan fingerprint density at radius 3 is 0.883 bits per heavy atom. The second kappa shape index (κ2) is 20.7. The number of ether oxygens (including phenoxy) is 1. The van der Waals surface area contributed by atoms with Gasteiger partial charge in [-0.05, 0) is 35.7 Å². The van der Waals surface area contributed by atoms with E-state index in [2.05, 4.69) is 0 Å². The van der Waals surface area contributed by atoms with E-state index in [0.717, 1.165) is 16.3 Å². The minimum Gasteiger partial charge on any atom is -0.412 e. The quantitative estimate of drug-likeness (QED) is 0.0840. The number of fused-ring (bicyclic) bond motifs is 1. The zero-order chi connectivity index (χ0) is 57.7. The molecular weight excluding hydrogens is 1100 g/mol. The first-order valence-electron chi connectivity index (χ1n) is 21.1. The van der Waals surface area contributed by atoms with E-state index in [1.807, 2.05) is 71.4 Å². The third-order valence-electron chi connectivity index (χ3n) is 11.7. The van der Waals surface area contributed by atoms with Gasteiger partial charge in [-0.25, -0.2) is 4.39 Å². The van der Waals surface area contributed by atoms with Gasteiger partial charge in [-0.15, -0.1) is 0 Å². The zero-order valence-electron chi connectivity index (χ0n) is 37.6. The SMILES string of the molecule is FC(F)(F)c1cc([B-](c2cc(C(F)(F)F)cc(C(F)(F)F)c2)(c2cc(C(F)(F)F)cc(C(F)(F)F)c2)c2cc(C(F)(F)F)cc(C(F)(F)F)c2)cc(C(F)(F)F)c1.FCOc1c2ccccc2cc[n+]1Cc1ccccc1. The summed E-state index contributed by atoms with van der Waals surface area (Å²) in [5, 5.41) is 1.96. The van der Waals surface area contributed by atoms with Crippen molar-refractivity contribution in [3.05, 3.63) is 190 Å². The fourth-order valence-electron chi connectivity index (χ4n) is 8.42. The maximum Gasteiger partial charge on any atom is 0.416 e. The highest BCUT2D eigenvalue weighted by Gasteiger charge is 2.47. The van der Waals surface area contributed by atoms with Crippen LogP contribution >= 0.6 is 0 Å². The van der Waals surface area contributed by atoms with Crippen LogP contribution in [-0.4, -0.2) is 13.0 Å². The molecule has 6 aromatic carbocycles. The lowest BCUT2D eigenvalue weighted by Gasteiger charge is -2.46. The van der Waals surface area contributed by atoms with Gasteiger partial charge in [-0.1, -0.05) is 97.1 Å². The Bertz CT molecular complexity index is 2800. The van der Waals surface area contributed by atoms with Gasteiger partial charge < -0.3 is 4.74 Å². The molecule has 0 saturated carbocycles. The van der Waals surface area contributed by atoms with Crippen LogP contribution in [0.25, 0.3) is 10.8 Å². The minimum absolute atomic E-state index is 0.564. The van der Waals surface area contributed by atoms with E-state index < -0.39 is 202 Å². The summed E-state index contributed by atoms with van der Waals surface area (Å²) in [7, 11) is 0. The summed E-state index contributed by atoms with van der Waals surface area (Å²) in [6.45, 7) is -0.177. The summed E-state index contributed by atoms with van der Waals surface area (Å²) in [5.74, 6) is 0.564. The van der Waals surface area contributed by atoms with Gasteiger partial charge in [0.1, 0.15) is 6.15 Å². The second-order valence-corrected chi connectivity index (χ2v) is 16.8. The summed E-state index contributed by atoms with van der Waals surface area (Å²) in [4.78, 5) is 0. The lowest BCUT2D eigenvalue weighted by atomic mass is 9.12. The number of rotatable bonds is 8. The third kappa shape index (κ3) is 13.3. The molecule has 1 heterocycles. The Balaban J connectivity index is 0.000000397. The van der Waals surface area contributed by atoms with E-state index >= 15 is 0 Å². The molecule has 0 aliphatic carbocycles. The van der Waals surface area contributed by atoms with Crippen molar-refractivity contribution in [1.29, 1.82) is 0 Å². The van der Waals surface area contributed by atoms with Gasteiger partial charge in [0.15, 0.2) is 12.7 Å². The molecule has 2 nitrogen and oxygen atoms in total. The number of pyridine rings is 1. The summed E-state index contributed by atoms with van der Waals surface area (Å²) in [5.41, 5.74) is -29.1. The Hall–Kier alpha value is -7.16. The van der Waals surface area contributed by atoms with Crippen LogP contribution in [0.1, 0.15) is 50.1 Å². The van der Waals surface area contributed by atoms with Gasteiger partial charge in [0, 0.05) is 11.6 Å². The first-order chi connectivity index (χ1) is 35.1. The number of hydrogen-bond acceptors (Lipinski definition) is 1. The molecule has 412 valence electrons. The van der Waals surface area contributed by atoms with Crippen LogP contribution < -0.4 is 31.2 Å². The van der Waals surface area contributed by atoms with Gasteiger partial charge >= 0.3 is 55.3 Å². The Kier molecular flexibility index (Phi) is 15.9. The van der Waals surface area contributed by atoms with Gasteiger partial charge in [0.25, 0.3) is 0 Å². The highest BCUT2D eigenvalue weighted by atomic mass is 19.4. The van der Waals surface area contributed by atoms with Crippen LogP contribution in [0.5, 0.6) is 5.88 Å². The maximum absolute atomic E-state index is 14.2. The molecule has 0 N–H and O–H groups in total. The van der Waals surface area contributed by atoms with Crippen molar-refractivity contribution in [2.75, 3.05) is 6.86 Å². The lowest BCUT2D eigenvalue weighted by molar-refractivity contribution is -0.692. The molecule has 28 heteroatoms. The molecule has 0 spiro atoms. The lowest BCUT2D eigenvalue weighted by Crippen LogP contribution is -2.75. The fraction of sp³-hybridized carbons (Fsp3) is 0.204. The standard InChI is InChI=1S/C32H12BF24.C17H15FNO/c34-25(35,36)13-1-14(26(37,38)39)6-21(5-13)33(22-7-15(27(40,41)42)2-16(8-22)28(43,44)45,23-9-17(29(46,47)48)3-18(10-23)30(49,50)51)24-11-19(31(52,53)54)4-20(12-24)32(55,56)57;18-13-20-17-16-9-5-4-8-15(16)10-11-19(17)12-14-6-2-1-3-7-14/h1-12H;1-11H,12-13H2/q-1;+1. The monoisotopic (exact) mass is 1130 g/mol. The van der Waals surface area contributed by atoms with Crippen molar-refractivity contribution in [3.8, 4) is 5.88 Å². The molecule has 1 aromatic heterocycles. The molecule has 0 fully saturated rings. The number of halogens is 25. The normalized spacial score (nSPS) is 13.4. The molecule has 77 heavy (non-hydrogen) atoms. The maximum atomic E-state index is 14.2. The summed E-state index contributed by atoms with van der Waals surface area (Å²) in [6.07, 6.45) is -52.9. The van der Waals surface area contributed by atoms with Crippen LogP contribution in [0.3, 0.4) is 0 Å². The number of alkyl halides is 25. The zero-order valence-corrected chi connectivity index (χ0v) is 37.6. The molecule has 7 aromatic rings. The predicted octanol–water partition coefficient (Wildman–Crippen LogP) is 14.7. The number of hydrogen-bond donors (Lipinski definition) is 0. The Morgan fingerprint density at radius 1 is 0.338 bits per heavy atom. The number of benzene rings is 6. The van der Waals surface area contributed by atoms with Crippen LogP contribution in [0.15, 0.2) is 140 Å². The van der Waals surface area contributed by atoms with E-state index in [4.69, 9.17) is 4.74 Å². The number of aromatic nitrogens is 1. The minimum atomic E-state index is -6.13. The summed E-state index contributed by atoms with van der Waals surface area (Å²) >= 11 is 0. The summed E-state index contributed by atoms with van der Waals surface area (Å²) in [6, 6.07) is 11.1. The van der Waals surface area contributed by atoms with Gasteiger partial charge in [-0.3, -0.25) is 0 Å². The number of nitrogens with zero attached hydrogens (tertiary/aromatic N) is 1. The van der Waals surface area contributed by atoms with Crippen LogP contribution in [0.4, 0.5) is 110 Å². The van der Waals surface area contributed by atoms with Gasteiger partial charge in [0.2, 0.25) is 6.86 Å². The summed E-state index contributed by atoms with van der Waals surface area (Å²) < 4.78 is 361. The molecular formula is C49H27BF25NO. The van der Waals surface area contributed by atoms with E-state index in [1.54, 1.807) is 0 Å². The molecule has 7 rings (SSSR count). The third-order valence-corrected chi connectivity index (χ3v) is 11.7. The van der Waals surface area contributed by atoms with Crippen molar-refractivity contribution >= 4 is 38.8 Å². The van der Waals surface area contributed by atoms with Crippen molar-refractivity contribution < 1.29 is 119 Å². The van der Waals surface area contributed by atoms with Crippen LogP contribution in [-0.2, 0) is 56.0 Å². The van der Waals surface area contributed by atoms with Crippen molar-refractivity contribution in [1.82, 2.24) is 0 Å². The molecule has 0 bridgehead atoms.